The minimum absolute atomic E-state index is 0.100. The summed E-state index contributed by atoms with van der Waals surface area (Å²) in [5, 5.41) is 0. The van der Waals surface area contributed by atoms with Crippen molar-refractivity contribution in [1.29, 1.82) is 0 Å². The fourth-order valence-corrected chi connectivity index (χ4v) is 2.60. The van der Waals surface area contributed by atoms with Gasteiger partial charge in [0, 0.05) is 5.56 Å². The standard InChI is InChI=1S/C12H7BrF2N2O2S/c13-10-4-3-9(20-10)12(19)17-16-11(18)6-1-2-7(14)8(15)5-6/h1-5H,(H,16,18)(H,17,19). The highest BCUT2D eigenvalue weighted by atomic mass is 79.9. The Morgan fingerprint density at radius 1 is 1.00 bits per heavy atom. The molecule has 0 aliphatic heterocycles. The summed E-state index contributed by atoms with van der Waals surface area (Å²) >= 11 is 4.40. The zero-order chi connectivity index (χ0) is 14.7. The van der Waals surface area contributed by atoms with Crippen LogP contribution in [-0.2, 0) is 0 Å². The third-order valence-electron chi connectivity index (χ3n) is 2.27. The molecule has 2 amide bonds. The van der Waals surface area contributed by atoms with Gasteiger partial charge in [-0.25, -0.2) is 8.78 Å². The molecule has 1 aromatic heterocycles. The Morgan fingerprint density at radius 2 is 1.70 bits per heavy atom. The van der Waals surface area contributed by atoms with Gasteiger partial charge in [-0.1, -0.05) is 0 Å². The fraction of sp³-hybridized carbons (Fsp3) is 0. The topological polar surface area (TPSA) is 58.2 Å². The summed E-state index contributed by atoms with van der Waals surface area (Å²) in [7, 11) is 0. The number of thiophene rings is 1. The van der Waals surface area contributed by atoms with Crippen molar-refractivity contribution in [1.82, 2.24) is 10.9 Å². The van der Waals surface area contributed by atoms with Crippen LogP contribution in [0.4, 0.5) is 8.78 Å². The molecule has 4 nitrogen and oxygen atoms in total. The molecule has 0 bridgehead atoms. The van der Waals surface area contributed by atoms with Crippen molar-refractivity contribution >= 4 is 39.1 Å². The highest BCUT2D eigenvalue weighted by Crippen LogP contribution is 2.21. The Kier molecular flexibility index (Phi) is 4.46. The average Bonchev–Trinajstić information content (AvgIpc) is 2.85. The predicted octanol–water partition coefficient (Wildman–Crippen LogP) is 2.86. The first-order valence-corrected chi connectivity index (χ1v) is 6.89. The van der Waals surface area contributed by atoms with Crippen LogP contribution >= 0.6 is 27.3 Å². The molecule has 2 rings (SSSR count). The molecule has 0 fully saturated rings. The van der Waals surface area contributed by atoms with Crippen LogP contribution in [-0.4, -0.2) is 11.8 Å². The zero-order valence-corrected chi connectivity index (χ0v) is 12.1. The molecule has 1 aromatic carbocycles. The van der Waals surface area contributed by atoms with Crippen molar-refractivity contribution in [3.63, 3.8) is 0 Å². The number of hydrogen-bond acceptors (Lipinski definition) is 3. The van der Waals surface area contributed by atoms with Crippen molar-refractivity contribution in [2.75, 3.05) is 0 Å². The van der Waals surface area contributed by atoms with E-state index in [1.54, 1.807) is 12.1 Å². The lowest BCUT2D eigenvalue weighted by molar-refractivity contribution is 0.0848. The minimum Gasteiger partial charge on any atom is -0.267 e. The van der Waals surface area contributed by atoms with E-state index in [0.717, 1.165) is 22.0 Å². The second-order valence-electron chi connectivity index (χ2n) is 3.64. The van der Waals surface area contributed by atoms with Crippen LogP contribution in [0.3, 0.4) is 0 Å². The highest BCUT2D eigenvalue weighted by Gasteiger charge is 2.12. The molecule has 0 spiro atoms. The van der Waals surface area contributed by atoms with E-state index >= 15 is 0 Å². The van der Waals surface area contributed by atoms with Gasteiger partial charge in [0.15, 0.2) is 11.6 Å². The zero-order valence-electron chi connectivity index (χ0n) is 9.75. The largest absolute Gasteiger partial charge is 0.279 e. The van der Waals surface area contributed by atoms with Gasteiger partial charge < -0.3 is 0 Å². The van der Waals surface area contributed by atoms with E-state index in [1.165, 1.54) is 11.3 Å². The summed E-state index contributed by atoms with van der Waals surface area (Å²) in [5.74, 6) is -3.43. The van der Waals surface area contributed by atoms with Gasteiger partial charge in [0.1, 0.15) is 0 Å². The van der Waals surface area contributed by atoms with Gasteiger partial charge in [-0.15, -0.1) is 11.3 Å². The van der Waals surface area contributed by atoms with Crippen LogP contribution in [0.1, 0.15) is 20.0 Å². The molecule has 20 heavy (non-hydrogen) atoms. The first-order chi connectivity index (χ1) is 9.47. The molecule has 1 heterocycles. The second kappa shape index (κ2) is 6.10. The van der Waals surface area contributed by atoms with Gasteiger partial charge in [-0.05, 0) is 46.3 Å². The van der Waals surface area contributed by atoms with Crippen LogP contribution in [0.25, 0.3) is 0 Å². The van der Waals surface area contributed by atoms with Crippen molar-refractivity contribution in [3.8, 4) is 0 Å². The Balaban J connectivity index is 1.98. The minimum atomic E-state index is -1.13. The number of halogens is 3. The van der Waals surface area contributed by atoms with Gasteiger partial charge in [0.25, 0.3) is 11.8 Å². The quantitative estimate of drug-likeness (QED) is 0.809. The third-order valence-corrected chi connectivity index (χ3v) is 3.89. The molecule has 0 aliphatic carbocycles. The Bertz CT molecular complexity index is 675. The number of hydrogen-bond donors (Lipinski definition) is 2. The number of benzene rings is 1. The molecule has 104 valence electrons. The molecular weight excluding hydrogens is 354 g/mol. The molecule has 2 N–H and O–H groups in total. The van der Waals surface area contributed by atoms with E-state index in [-0.39, 0.29) is 5.56 Å². The van der Waals surface area contributed by atoms with Crippen LogP contribution in [0.15, 0.2) is 34.1 Å². The Hall–Kier alpha value is -1.80. The maximum Gasteiger partial charge on any atom is 0.279 e. The van der Waals surface area contributed by atoms with Crippen LogP contribution < -0.4 is 10.9 Å². The second-order valence-corrected chi connectivity index (χ2v) is 6.10. The van der Waals surface area contributed by atoms with Crippen LogP contribution in [0.2, 0.25) is 0 Å². The maximum absolute atomic E-state index is 13.0. The molecule has 0 saturated carbocycles. The molecule has 0 atom stereocenters. The number of hydrazine groups is 1. The van der Waals surface area contributed by atoms with E-state index in [1.807, 2.05) is 0 Å². The molecule has 0 unspecified atom stereocenters. The van der Waals surface area contributed by atoms with Gasteiger partial charge >= 0.3 is 0 Å². The lowest BCUT2D eigenvalue weighted by atomic mass is 10.2. The molecule has 0 radical (unpaired) electrons. The van der Waals surface area contributed by atoms with Crippen LogP contribution in [0, 0.1) is 11.6 Å². The van der Waals surface area contributed by atoms with Gasteiger partial charge in [-0.3, -0.25) is 20.4 Å². The lowest BCUT2D eigenvalue weighted by Gasteiger charge is -2.06. The summed E-state index contributed by atoms with van der Waals surface area (Å²) in [4.78, 5) is 23.7. The first kappa shape index (κ1) is 14.6. The van der Waals surface area contributed by atoms with E-state index in [0.29, 0.717) is 4.88 Å². The van der Waals surface area contributed by atoms with E-state index in [9.17, 15) is 18.4 Å². The highest BCUT2D eigenvalue weighted by molar-refractivity contribution is 9.11. The summed E-state index contributed by atoms with van der Waals surface area (Å²) in [6.45, 7) is 0. The van der Waals surface area contributed by atoms with E-state index in [2.05, 4.69) is 26.8 Å². The predicted molar refractivity (Wildman–Crippen MR) is 73.3 cm³/mol. The molecular formula is C12H7BrF2N2O2S. The summed E-state index contributed by atoms with van der Waals surface area (Å²) in [6.07, 6.45) is 0. The monoisotopic (exact) mass is 360 g/mol. The van der Waals surface area contributed by atoms with Crippen molar-refractivity contribution in [2.24, 2.45) is 0 Å². The number of rotatable bonds is 2. The van der Waals surface area contributed by atoms with Gasteiger partial charge in [0.05, 0.1) is 8.66 Å². The van der Waals surface area contributed by atoms with Crippen molar-refractivity contribution in [3.05, 3.63) is 56.2 Å². The Morgan fingerprint density at radius 3 is 2.30 bits per heavy atom. The normalized spacial score (nSPS) is 10.2. The number of amides is 2. The van der Waals surface area contributed by atoms with Gasteiger partial charge in [0.2, 0.25) is 0 Å². The maximum atomic E-state index is 13.0. The van der Waals surface area contributed by atoms with E-state index in [4.69, 9.17) is 0 Å². The van der Waals surface area contributed by atoms with Gasteiger partial charge in [-0.2, -0.15) is 0 Å². The Labute approximate surface area is 124 Å². The number of carbonyl (C=O) groups excluding carboxylic acids is 2. The van der Waals surface area contributed by atoms with E-state index < -0.39 is 23.4 Å². The lowest BCUT2D eigenvalue weighted by Crippen LogP contribution is -2.41. The smallest absolute Gasteiger partial charge is 0.267 e. The fourth-order valence-electron chi connectivity index (χ4n) is 1.32. The first-order valence-electron chi connectivity index (χ1n) is 5.28. The summed E-state index contributed by atoms with van der Waals surface area (Å²) in [5.41, 5.74) is 4.20. The molecule has 0 saturated heterocycles. The SMILES string of the molecule is O=C(NNC(=O)c1ccc(Br)s1)c1ccc(F)c(F)c1. The molecule has 0 aliphatic rings. The number of nitrogens with one attached hydrogen (secondary N) is 2. The molecule has 8 heteroatoms. The third kappa shape index (κ3) is 3.40. The van der Waals surface area contributed by atoms with Crippen molar-refractivity contribution < 1.29 is 18.4 Å². The van der Waals surface area contributed by atoms with Crippen molar-refractivity contribution in [2.45, 2.75) is 0 Å². The van der Waals surface area contributed by atoms with Crippen LogP contribution in [0.5, 0.6) is 0 Å². The average molecular weight is 361 g/mol. The molecule has 2 aromatic rings. The summed E-state index contributed by atoms with van der Waals surface area (Å²) < 4.78 is 26.5. The number of carbonyl (C=O) groups is 2. The summed E-state index contributed by atoms with van der Waals surface area (Å²) in [6, 6.07) is 5.97.